The molecule has 82 valence electrons. The van der Waals surface area contributed by atoms with Gasteiger partial charge < -0.3 is 9.84 Å². The fourth-order valence-electron chi connectivity index (χ4n) is 2.10. The molecule has 0 aromatic carbocycles. The molecule has 3 heteroatoms. The molecule has 0 aromatic rings. The van der Waals surface area contributed by atoms with Crippen LogP contribution in [-0.4, -0.2) is 18.3 Å². The van der Waals surface area contributed by atoms with E-state index in [1.165, 1.54) is 3.58 Å². The van der Waals surface area contributed by atoms with Crippen LogP contribution in [0.2, 0.25) is 0 Å². The average molecular weight is 310 g/mol. The largest absolute Gasteiger partial charge is 0.497 e. The van der Waals surface area contributed by atoms with Crippen molar-refractivity contribution in [3.8, 4) is 0 Å². The maximum absolute atomic E-state index is 9.35. The Kier molecular flexibility index (Phi) is 4.70. The van der Waals surface area contributed by atoms with Crippen molar-refractivity contribution in [1.29, 1.82) is 0 Å². The quantitative estimate of drug-likeness (QED) is 0.812. The zero-order valence-electron chi connectivity index (χ0n) is 9.09. The van der Waals surface area contributed by atoms with E-state index >= 15 is 0 Å². The molecule has 0 radical (unpaired) electrons. The number of rotatable bonds is 3. The molecule has 0 aromatic heterocycles. The van der Waals surface area contributed by atoms with Gasteiger partial charge in [0.15, 0.2) is 0 Å². The Hall–Kier alpha value is 0.230. The van der Waals surface area contributed by atoms with E-state index in [1.807, 2.05) is 6.92 Å². The first-order valence-electron chi connectivity index (χ1n) is 5.25. The first-order chi connectivity index (χ1) is 6.61. The molecule has 0 heterocycles. The Bertz CT molecular complexity index is 225. The van der Waals surface area contributed by atoms with E-state index in [1.54, 1.807) is 0 Å². The van der Waals surface area contributed by atoms with Gasteiger partial charge in [-0.15, -0.1) is 0 Å². The van der Waals surface area contributed by atoms with Crippen LogP contribution in [-0.2, 0) is 4.74 Å². The van der Waals surface area contributed by atoms with E-state index in [0.717, 1.165) is 12.2 Å². The summed E-state index contributed by atoms with van der Waals surface area (Å²) in [4.78, 5) is 0. The lowest BCUT2D eigenvalue weighted by Gasteiger charge is -2.33. The van der Waals surface area contributed by atoms with E-state index in [4.69, 9.17) is 4.74 Å². The Morgan fingerprint density at radius 3 is 2.64 bits per heavy atom. The molecule has 0 fully saturated rings. The summed E-state index contributed by atoms with van der Waals surface area (Å²) in [5, 5.41) is 9.35. The first-order valence-corrected chi connectivity index (χ1v) is 6.32. The SMILES string of the molecule is CCOC1=C(I)C(C)CC(C)C1CO. The highest BCUT2D eigenvalue weighted by Gasteiger charge is 2.32. The fourth-order valence-corrected chi connectivity index (χ4v) is 2.91. The molecule has 0 saturated heterocycles. The molecule has 3 unspecified atom stereocenters. The summed E-state index contributed by atoms with van der Waals surface area (Å²) in [5.41, 5.74) is 0. The van der Waals surface area contributed by atoms with Crippen molar-refractivity contribution in [3.63, 3.8) is 0 Å². The molecular formula is C11H19IO2. The Balaban J connectivity index is 2.92. The average Bonchev–Trinajstić information content (AvgIpc) is 2.14. The van der Waals surface area contributed by atoms with Crippen LogP contribution in [0.1, 0.15) is 27.2 Å². The third-order valence-electron chi connectivity index (χ3n) is 2.91. The fraction of sp³-hybridized carbons (Fsp3) is 0.818. The van der Waals surface area contributed by atoms with Crippen LogP contribution in [0.4, 0.5) is 0 Å². The lowest BCUT2D eigenvalue weighted by molar-refractivity contribution is 0.100. The molecule has 2 nitrogen and oxygen atoms in total. The number of ether oxygens (including phenoxy) is 1. The maximum Gasteiger partial charge on any atom is 0.111 e. The molecule has 1 aliphatic carbocycles. The Morgan fingerprint density at radius 2 is 2.14 bits per heavy atom. The van der Waals surface area contributed by atoms with Gasteiger partial charge in [-0.3, -0.25) is 0 Å². The molecule has 1 N–H and O–H groups in total. The van der Waals surface area contributed by atoms with Crippen LogP contribution in [0, 0.1) is 17.8 Å². The molecule has 14 heavy (non-hydrogen) atoms. The molecule has 0 aliphatic heterocycles. The van der Waals surface area contributed by atoms with Gasteiger partial charge >= 0.3 is 0 Å². The summed E-state index contributed by atoms with van der Waals surface area (Å²) in [6.45, 7) is 7.31. The number of hydrogen-bond donors (Lipinski definition) is 1. The normalized spacial score (nSPS) is 33.4. The van der Waals surface area contributed by atoms with E-state index in [0.29, 0.717) is 18.4 Å². The minimum Gasteiger partial charge on any atom is -0.497 e. The molecule has 1 rings (SSSR count). The second-order valence-electron chi connectivity index (χ2n) is 4.05. The molecule has 0 saturated carbocycles. The van der Waals surface area contributed by atoms with Crippen molar-refractivity contribution < 1.29 is 9.84 Å². The number of aliphatic hydroxyl groups excluding tert-OH is 1. The lowest BCUT2D eigenvalue weighted by atomic mass is 9.80. The lowest BCUT2D eigenvalue weighted by Crippen LogP contribution is -2.28. The summed E-state index contributed by atoms with van der Waals surface area (Å²) in [6.07, 6.45) is 1.15. The number of aliphatic hydroxyl groups is 1. The summed E-state index contributed by atoms with van der Waals surface area (Å²) in [5.74, 6) is 2.34. The summed E-state index contributed by atoms with van der Waals surface area (Å²) in [6, 6.07) is 0. The molecule has 3 atom stereocenters. The summed E-state index contributed by atoms with van der Waals surface area (Å²) in [7, 11) is 0. The van der Waals surface area contributed by atoms with Gasteiger partial charge in [-0.05, 0) is 47.8 Å². The smallest absolute Gasteiger partial charge is 0.111 e. The highest BCUT2D eigenvalue weighted by Crippen LogP contribution is 2.41. The van der Waals surface area contributed by atoms with Crippen LogP contribution in [0.15, 0.2) is 9.34 Å². The van der Waals surface area contributed by atoms with Crippen molar-refractivity contribution in [2.45, 2.75) is 27.2 Å². The van der Waals surface area contributed by atoms with Crippen LogP contribution < -0.4 is 0 Å². The van der Waals surface area contributed by atoms with Crippen molar-refractivity contribution >= 4 is 22.6 Å². The highest BCUT2D eigenvalue weighted by molar-refractivity contribution is 14.1. The monoisotopic (exact) mass is 310 g/mol. The Labute approximate surface area is 99.9 Å². The van der Waals surface area contributed by atoms with Crippen molar-refractivity contribution in [2.24, 2.45) is 17.8 Å². The van der Waals surface area contributed by atoms with Gasteiger partial charge in [0.05, 0.1) is 13.2 Å². The number of allylic oxidation sites excluding steroid dienone is 1. The summed E-state index contributed by atoms with van der Waals surface area (Å²) < 4.78 is 6.94. The van der Waals surface area contributed by atoms with Crippen molar-refractivity contribution in [2.75, 3.05) is 13.2 Å². The summed E-state index contributed by atoms with van der Waals surface area (Å²) >= 11 is 2.36. The van der Waals surface area contributed by atoms with Gasteiger partial charge in [0, 0.05) is 9.50 Å². The Morgan fingerprint density at radius 1 is 1.50 bits per heavy atom. The van der Waals surface area contributed by atoms with Crippen LogP contribution >= 0.6 is 22.6 Å². The minimum absolute atomic E-state index is 0.204. The van der Waals surface area contributed by atoms with Crippen molar-refractivity contribution in [1.82, 2.24) is 0 Å². The van der Waals surface area contributed by atoms with Gasteiger partial charge in [-0.25, -0.2) is 0 Å². The first kappa shape index (κ1) is 12.3. The predicted octanol–water partition coefficient (Wildman–Crippen LogP) is 2.95. The topological polar surface area (TPSA) is 29.5 Å². The zero-order chi connectivity index (χ0) is 10.7. The van der Waals surface area contributed by atoms with Gasteiger partial charge in [0.2, 0.25) is 0 Å². The van der Waals surface area contributed by atoms with Gasteiger partial charge in [-0.1, -0.05) is 13.8 Å². The molecular weight excluding hydrogens is 291 g/mol. The standard InChI is InChI=1S/C11H19IO2/c1-4-14-11-9(6-13)7(2)5-8(3)10(11)12/h7-9,13H,4-6H2,1-3H3. The van der Waals surface area contributed by atoms with Gasteiger partial charge in [0.25, 0.3) is 0 Å². The van der Waals surface area contributed by atoms with E-state index in [9.17, 15) is 5.11 Å². The number of halogens is 1. The van der Waals surface area contributed by atoms with E-state index in [-0.39, 0.29) is 12.5 Å². The van der Waals surface area contributed by atoms with E-state index in [2.05, 4.69) is 36.4 Å². The third-order valence-corrected chi connectivity index (χ3v) is 4.51. The zero-order valence-corrected chi connectivity index (χ0v) is 11.2. The van der Waals surface area contributed by atoms with Gasteiger partial charge in [0.1, 0.15) is 5.76 Å². The molecule has 0 amide bonds. The van der Waals surface area contributed by atoms with Crippen LogP contribution in [0.25, 0.3) is 0 Å². The van der Waals surface area contributed by atoms with Crippen molar-refractivity contribution in [3.05, 3.63) is 9.34 Å². The number of hydrogen-bond acceptors (Lipinski definition) is 2. The van der Waals surface area contributed by atoms with E-state index < -0.39 is 0 Å². The predicted molar refractivity (Wildman–Crippen MR) is 66.2 cm³/mol. The third kappa shape index (κ3) is 2.42. The second-order valence-corrected chi connectivity index (χ2v) is 5.21. The second kappa shape index (κ2) is 5.35. The van der Waals surface area contributed by atoms with Crippen LogP contribution in [0.3, 0.4) is 0 Å². The maximum atomic E-state index is 9.35. The van der Waals surface area contributed by atoms with Crippen LogP contribution in [0.5, 0.6) is 0 Å². The van der Waals surface area contributed by atoms with Gasteiger partial charge in [-0.2, -0.15) is 0 Å². The highest BCUT2D eigenvalue weighted by atomic mass is 127. The molecule has 0 bridgehead atoms. The minimum atomic E-state index is 0.204. The molecule has 0 spiro atoms. The molecule has 1 aliphatic rings.